The Morgan fingerprint density at radius 3 is 2.44 bits per heavy atom. The van der Waals surface area contributed by atoms with Crippen LogP contribution in [0.2, 0.25) is 0 Å². The Kier molecular flexibility index (Phi) is 3.91. The molecule has 1 rings (SSSR count). The highest BCUT2D eigenvalue weighted by molar-refractivity contribution is 7.85. The first-order valence-corrected chi connectivity index (χ1v) is 5.82. The normalized spacial score (nSPS) is 14.3. The highest BCUT2D eigenvalue weighted by atomic mass is 32.2. The maximum atomic E-state index is 13.2. The van der Waals surface area contributed by atoms with E-state index >= 15 is 0 Å². The minimum atomic E-state index is -1.44. The molecule has 0 spiro atoms. The molecule has 1 aromatic carbocycles. The van der Waals surface area contributed by atoms with Crippen LogP contribution in [-0.2, 0) is 11.0 Å². The largest absolute Gasteiger partial charge is 0.234 e. The number of halogens is 2. The lowest BCUT2D eigenvalue weighted by molar-refractivity contribution is 0.582. The highest BCUT2D eigenvalue weighted by Crippen LogP contribution is 2.13. The molecule has 0 amide bonds. The molecule has 0 aliphatic carbocycles. The molecule has 16 heavy (non-hydrogen) atoms. The molecule has 1 aromatic rings. The molecule has 0 aliphatic heterocycles. The minimum Gasteiger partial charge on any atom is -0.234 e. The van der Waals surface area contributed by atoms with Crippen molar-refractivity contribution in [2.75, 3.05) is 0 Å². The molecule has 2 nitrogen and oxygen atoms in total. The van der Waals surface area contributed by atoms with Gasteiger partial charge in [-0.25, -0.2) is 13.0 Å². The van der Waals surface area contributed by atoms with Gasteiger partial charge in [0.25, 0.3) is 0 Å². The second kappa shape index (κ2) is 4.82. The van der Waals surface area contributed by atoms with Crippen molar-refractivity contribution in [3.8, 4) is 0 Å². The van der Waals surface area contributed by atoms with Gasteiger partial charge in [-0.1, -0.05) is 0 Å². The summed E-state index contributed by atoms with van der Waals surface area (Å²) >= 11 is 0. The van der Waals surface area contributed by atoms with Crippen molar-refractivity contribution in [3.63, 3.8) is 0 Å². The summed E-state index contributed by atoms with van der Waals surface area (Å²) in [5, 5.41) is 0. The van der Waals surface area contributed by atoms with E-state index in [-0.39, 0.29) is 5.56 Å². The molecule has 0 saturated carbocycles. The topological polar surface area (TPSA) is 29.4 Å². The van der Waals surface area contributed by atoms with Gasteiger partial charge in [0.1, 0.15) is 22.6 Å². The fourth-order valence-corrected chi connectivity index (χ4v) is 1.39. The molecule has 0 fully saturated rings. The first kappa shape index (κ1) is 13.0. The Balaban J connectivity index is 2.89. The maximum Gasteiger partial charge on any atom is 0.144 e. The third kappa shape index (κ3) is 3.48. The number of rotatable bonds is 2. The summed E-state index contributed by atoms with van der Waals surface area (Å²) in [6.45, 7) is 5.30. The van der Waals surface area contributed by atoms with Crippen LogP contribution >= 0.6 is 0 Å². The fraction of sp³-hybridized carbons (Fsp3) is 0.364. The number of nitrogens with zero attached hydrogens (tertiary/aromatic N) is 1. The Labute approximate surface area is 96.0 Å². The number of hydrogen-bond acceptors (Lipinski definition) is 1. The lowest BCUT2D eigenvalue weighted by Crippen LogP contribution is -2.19. The quantitative estimate of drug-likeness (QED) is 0.737. The van der Waals surface area contributed by atoms with E-state index in [1.54, 1.807) is 20.8 Å². The van der Waals surface area contributed by atoms with Crippen molar-refractivity contribution in [2.45, 2.75) is 25.5 Å². The van der Waals surface area contributed by atoms with Crippen LogP contribution in [0.25, 0.3) is 0 Å². The van der Waals surface area contributed by atoms with Crippen molar-refractivity contribution in [1.82, 2.24) is 0 Å². The van der Waals surface area contributed by atoms with Crippen molar-refractivity contribution in [2.24, 2.45) is 4.40 Å². The predicted molar refractivity (Wildman–Crippen MR) is 61.8 cm³/mol. The van der Waals surface area contributed by atoms with E-state index in [1.807, 2.05) is 0 Å². The van der Waals surface area contributed by atoms with E-state index in [0.717, 1.165) is 18.3 Å². The lowest BCUT2D eigenvalue weighted by Gasteiger charge is -2.12. The summed E-state index contributed by atoms with van der Waals surface area (Å²) < 4.78 is 40.5. The van der Waals surface area contributed by atoms with Gasteiger partial charge in [-0.15, -0.1) is 0 Å². The Hall–Kier alpha value is -1.10. The third-order valence-electron chi connectivity index (χ3n) is 1.77. The van der Waals surface area contributed by atoms with Gasteiger partial charge in [0.05, 0.1) is 4.75 Å². The van der Waals surface area contributed by atoms with Crippen LogP contribution in [0.15, 0.2) is 22.6 Å². The zero-order chi connectivity index (χ0) is 12.3. The molecule has 88 valence electrons. The van der Waals surface area contributed by atoms with Crippen LogP contribution in [0.3, 0.4) is 0 Å². The van der Waals surface area contributed by atoms with Crippen molar-refractivity contribution < 1.29 is 13.0 Å². The molecule has 0 N–H and O–H groups in total. The average Bonchev–Trinajstić information content (AvgIpc) is 2.14. The lowest BCUT2D eigenvalue weighted by atomic mass is 10.2. The van der Waals surface area contributed by atoms with E-state index in [4.69, 9.17) is 0 Å². The fourth-order valence-electron chi connectivity index (χ4n) is 0.869. The van der Waals surface area contributed by atoms with Gasteiger partial charge in [-0.3, -0.25) is 0 Å². The SMILES string of the molecule is CC(C)(C)S(=O)N=Cc1ccc(F)cc1F. The number of benzene rings is 1. The predicted octanol–water partition coefficient (Wildman–Crippen LogP) is 2.85. The van der Waals surface area contributed by atoms with E-state index in [1.165, 1.54) is 6.07 Å². The molecule has 0 aromatic heterocycles. The van der Waals surface area contributed by atoms with Crippen LogP contribution in [0.1, 0.15) is 26.3 Å². The van der Waals surface area contributed by atoms with E-state index in [2.05, 4.69) is 4.40 Å². The van der Waals surface area contributed by atoms with Gasteiger partial charge in [0, 0.05) is 17.8 Å². The van der Waals surface area contributed by atoms with Gasteiger partial charge in [-0.05, 0) is 32.9 Å². The Morgan fingerprint density at radius 1 is 1.31 bits per heavy atom. The monoisotopic (exact) mass is 245 g/mol. The van der Waals surface area contributed by atoms with E-state index in [9.17, 15) is 13.0 Å². The zero-order valence-corrected chi connectivity index (χ0v) is 10.1. The molecule has 1 atom stereocenters. The standard InChI is InChI=1S/C11H13F2NOS/c1-11(2,3)16(15)14-7-8-4-5-9(12)6-10(8)13/h4-7H,1-3H3. The third-order valence-corrected chi connectivity index (χ3v) is 3.12. The van der Waals surface area contributed by atoms with E-state index < -0.39 is 27.4 Å². The first-order chi connectivity index (χ1) is 7.30. The minimum absolute atomic E-state index is 0.124. The summed E-state index contributed by atoms with van der Waals surface area (Å²) in [7, 11) is -1.44. The first-order valence-electron chi connectivity index (χ1n) is 4.72. The van der Waals surface area contributed by atoms with Crippen LogP contribution in [0.5, 0.6) is 0 Å². The molecule has 1 unspecified atom stereocenters. The molecule has 0 saturated heterocycles. The van der Waals surface area contributed by atoms with Crippen LogP contribution < -0.4 is 0 Å². The van der Waals surface area contributed by atoms with E-state index in [0.29, 0.717) is 0 Å². The van der Waals surface area contributed by atoms with Crippen molar-refractivity contribution in [1.29, 1.82) is 0 Å². The second-order valence-corrected chi connectivity index (χ2v) is 6.20. The van der Waals surface area contributed by atoms with Gasteiger partial charge < -0.3 is 0 Å². The Bertz CT molecular complexity index is 438. The van der Waals surface area contributed by atoms with Crippen molar-refractivity contribution >= 4 is 17.2 Å². The van der Waals surface area contributed by atoms with Crippen molar-refractivity contribution in [3.05, 3.63) is 35.4 Å². The maximum absolute atomic E-state index is 13.2. The summed E-state index contributed by atoms with van der Waals surface area (Å²) in [5.41, 5.74) is 0.124. The summed E-state index contributed by atoms with van der Waals surface area (Å²) in [5.74, 6) is -1.36. The van der Waals surface area contributed by atoms with Crippen LogP contribution in [-0.4, -0.2) is 15.2 Å². The summed E-state index contributed by atoms with van der Waals surface area (Å²) in [6, 6.07) is 3.15. The molecule has 0 heterocycles. The molecule has 0 radical (unpaired) electrons. The van der Waals surface area contributed by atoms with Gasteiger partial charge >= 0.3 is 0 Å². The smallest absolute Gasteiger partial charge is 0.144 e. The zero-order valence-electron chi connectivity index (χ0n) is 9.33. The Morgan fingerprint density at radius 2 is 1.94 bits per heavy atom. The molecule has 5 heteroatoms. The highest BCUT2D eigenvalue weighted by Gasteiger charge is 2.18. The van der Waals surface area contributed by atoms with Gasteiger partial charge in [0.2, 0.25) is 0 Å². The van der Waals surface area contributed by atoms with Crippen LogP contribution in [0.4, 0.5) is 8.78 Å². The molecule has 0 bridgehead atoms. The van der Waals surface area contributed by atoms with Gasteiger partial charge in [-0.2, -0.15) is 4.40 Å². The van der Waals surface area contributed by atoms with Crippen LogP contribution in [0, 0.1) is 11.6 Å². The second-order valence-electron chi connectivity index (χ2n) is 4.26. The number of hydrogen-bond donors (Lipinski definition) is 0. The summed E-state index contributed by atoms with van der Waals surface area (Å²) in [6.07, 6.45) is 1.16. The molecule has 0 aliphatic rings. The summed E-state index contributed by atoms with van der Waals surface area (Å²) in [4.78, 5) is 0. The average molecular weight is 245 g/mol. The van der Waals surface area contributed by atoms with Gasteiger partial charge in [0.15, 0.2) is 0 Å². The molecular formula is C11H13F2NOS. The molecular weight excluding hydrogens is 232 g/mol.